The van der Waals surface area contributed by atoms with Crippen molar-refractivity contribution in [3.05, 3.63) is 29.8 Å². The molecule has 84 valence electrons. The zero-order valence-corrected chi connectivity index (χ0v) is 10.1. The van der Waals surface area contributed by atoms with Gasteiger partial charge in [-0.05, 0) is 39.3 Å². The van der Waals surface area contributed by atoms with E-state index in [-0.39, 0.29) is 5.54 Å². The van der Waals surface area contributed by atoms with E-state index in [4.69, 9.17) is 4.74 Å². The van der Waals surface area contributed by atoms with Crippen molar-refractivity contribution in [2.24, 2.45) is 0 Å². The molecule has 0 aliphatic heterocycles. The summed E-state index contributed by atoms with van der Waals surface area (Å²) < 4.78 is 5.67. The maximum Gasteiger partial charge on any atom is 0.122 e. The zero-order valence-electron chi connectivity index (χ0n) is 10.1. The van der Waals surface area contributed by atoms with Gasteiger partial charge in [0.15, 0.2) is 0 Å². The van der Waals surface area contributed by atoms with Gasteiger partial charge >= 0.3 is 0 Å². The number of nitrogens with one attached hydrogen (secondary N) is 1. The Bertz CT molecular complexity index is 302. The van der Waals surface area contributed by atoms with Crippen molar-refractivity contribution in [2.45, 2.75) is 33.2 Å². The molecule has 0 atom stereocenters. The van der Waals surface area contributed by atoms with Gasteiger partial charge in [-0.2, -0.15) is 0 Å². The van der Waals surface area contributed by atoms with Gasteiger partial charge in [0.25, 0.3) is 0 Å². The van der Waals surface area contributed by atoms with Gasteiger partial charge in [0.1, 0.15) is 12.4 Å². The highest BCUT2D eigenvalue weighted by atomic mass is 16.5. The van der Waals surface area contributed by atoms with Gasteiger partial charge in [-0.25, -0.2) is 0 Å². The molecule has 0 saturated carbocycles. The molecule has 1 aromatic carbocycles. The van der Waals surface area contributed by atoms with Crippen molar-refractivity contribution in [2.75, 3.05) is 13.2 Å². The molecule has 0 bridgehead atoms. The largest absolute Gasteiger partial charge is 0.492 e. The molecule has 0 radical (unpaired) electrons. The van der Waals surface area contributed by atoms with Gasteiger partial charge in [0.05, 0.1) is 0 Å². The van der Waals surface area contributed by atoms with Gasteiger partial charge < -0.3 is 10.1 Å². The minimum atomic E-state index is 0.162. The molecule has 0 amide bonds. The van der Waals surface area contributed by atoms with Crippen LogP contribution in [0.1, 0.15) is 26.3 Å². The summed E-state index contributed by atoms with van der Waals surface area (Å²) in [6.45, 7) is 10.1. The Labute approximate surface area is 92.6 Å². The van der Waals surface area contributed by atoms with E-state index < -0.39 is 0 Å². The highest BCUT2D eigenvalue weighted by Gasteiger charge is 2.07. The maximum absolute atomic E-state index is 5.67. The summed E-state index contributed by atoms with van der Waals surface area (Å²) in [4.78, 5) is 0. The third kappa shape index (κ3) is 4.84. The number of para-hydroxylation sites is 1. The van der Waals surface area contributed by atoms with Gasteiger partial charge in [0.2, 0.25) is 0 Å². The molecule has 1 N–H and O–H groups in total. The Morgan fingerprint density at radius 1 is 1.20 bits per heavy atom. The normalized spacial score (nSPS) is 11.5. The molecule has 0 aliphatic carbocycles. The topological polar surface area (TPSA) is 21.3 Å². The SMILES string of the molecule is Cc1ccccc1OCCNC(C)(C)C. The van der Waals surface area contributed by atoms with E-state index >= 15 is 0 Å². The summed E-state index contributed by atoms with van der Waals surface area (Å²) in [5.41, 5.74) is 1.35. The van der Waals surface area contributed by atoms with Gasteiger partial charge in [0, 0.05) is 12.1 Å². The van der Waals surface area contributed by atoms with E-state index in [1.54, 1.807) is 0 Å². The number of hydrogen-bond donors (Lipinski definition) is 1. The van der Waals surface area contributed by atoms with Gasteiger partial charge in [-0.3, -0.25) is 0 Å². The van der Waals surface area contributed by atoms with E-state index in [2.05, 4.69) is 39.1 Å². The molecule has 0 spiro atoms. The molecule has 0 unspecified atom stereocenters. The minimum absolute atomic E-state index is 0.162. The Morgan fingerprint density at radius 2 is 1.87 bits per heavy atom. The lowest BCUT2D eigenvalue weighted by molar-refractivity contribution is 0.289. The fourth-order valence-electron chi connectivity index (χ4n) is 1.31. The quantitative estimate of drug-likeness (QED) is 0.767. The molecule has 15 heavy (non-hydrogen) atoms. The van der Waals surface area contributed by atoms with E-state index in [0.717, 1.165) is 12.3 Å². The number of benzene rings is 1. The van der Waals surface area contributed by atoms with Crippen LogP contribution in [0.25, 0.3) is 0 Å². The summed E-state index contributed by atoms with van der Waals surface area (Å²) >= 11 is 0. The lowest BCUT2D eigenvalue weighted by Crippen LogP contribution is -2.38. The summed E-state index contributed by atoms with van der Waals surface area (Å²) in [6.07, 6.45) is 0. The average Bonchev–Trinajstić information content (AvgIpc) is 2.13. The van der Waals surface area contributed by atoms with E-state index in [1.165, 1.54) is 5.56 Å². The molecular weight excluding hydrogens is 186 g/mol. The molecule has 1 aromatic rings. The van der Waals surface area contributed by atoms with Crippen LogP contribution in [0.15, 0.2) is 24.3 Å². The molecule has 0 aromatic heterocycles. The summed E-state index contributed by atoms with van der Waals surface area (Å²) in [6, 6.07) is 8.09. The van der Waals surface area contributed by atoms with Gasteiger partial charge in [-0.1, -0.05) is 18.2 Å². The summed E-state index contributed by atoms with van der Waals surface area (Å²) in [5, 5.41) is 3.39. The first kappa shape index (κ1) is 12.1. The fourth-order valence-corrected chi connectivity index (χ4v) is 1.31. The van der Waals surface area contributed by atoms with Crippen LogP contribution < -0.4 is 10.1 Å². The standard InChI is InChI=1S/C13H21NO/c1-11-7-5-6-8-12(11)15-10-9-14-13(2,3)4/h5-8,14H,9-10H2,1-4H3. The Kier molecular flexibility index (Phi) is 4.15. The van der Waals surface area contributed by atoms with Crippen LogP contribution in [0.2, 0.25) is 0 Å². The molecule has 2 nitrogen and oxygen atoms in total. The van der Waals surface area contributed by atoms with Crippen LogP contribution in [-0.4, -0.2) is 18.7 Å². The smallest absolute Gasteiger partial charge is 0.122 e. The van der Waals surface area contributed by atoms with Crippen molar-refractivity contribution in [1.82, 2.24) is 5.32 Å². The second-order valence-electron chi connectivity index (χ2n) is 4.79. The highest BCUT2D eigenvalue weighted by molar-refractivity contribution is 5.31. The van der Waals surface area contributed by atoms with E-state index in [0.29, 0.717) is 6.61 Å². The fraction of sp³-hybridized carbons (Fsp3) is 0.538. The first-order chi connectivity index (χ1) is 6.99. The summed E-state index contributed by atoms with van der Waals surface area (Å²) in [5.74, 6) is 0.980. The van der Waals surface area contributed by atoms with Crippen molar-refractivity contribution in [3.8, 4) is 5.75 Å². The molecule has 1 rings (SSSR count). The Hall–Kier alpha value is -1.02. The Morgan fingerprint density at radius 3 is 2.47 bits per heavy atom. The second-order valence-corrected chi connectivity index (χ2v) is 4.79. The number of hydrogen-bond acceptors (Lipinski definition) is 2. The zero-order chi connectivity index (χ0) is 11.3. The van der Waals surface area contributed by atoms with Crippen LogP contribution in [0.5, 0.6) is 5.75 Å². The monoisotopic (exact) mass is 207 g/mol. The number of rotatable bonds is 4. The molecule has 2 heteroatoms. The molecule has 0 aliphatic rings. The third-order valence-electron chi connectivity index (χ3n) is 2.11. The van der Waals surface area contributed by atoms with Crippen LogP contribution in [-0.2, 0) is 0 Å². The first-order valence-corrected chi connectivity index (χ1v) is 5.42. The van der Waals surface area contributed by atoms with Crippen LogP contribution in [0, 0.1) is 6.92 Å². The summed E-state index contributed by atoms with van der Waals surface area (Å²) in [7, 11) is 0. The Balaban J connectivity index is 2.30. The van der Waals surface area contributed by atoms with Crippen LogP contribution >= 0.6 is 0 Å². The van der Waals surface area contributed by atoms with E-state index in [9.17, 15) is 0 Å². The van der Waals surface area contributed by atoms with Crippen molar-refractivity contribution < 1.29 is 4.74 Å². The average molecular weight is 207 g/mol. The number of ether oxygens (including phenoxy) is 1. The molecule has 0 saturated heterocycles. The van der Waals surface area contributed by atoms with Crippen molar-refractivity contribution in [1.29, 1.82) is 0 Å². The lowest BCUT2D eigenvalue weighted by atomic mass is 10.1. The highest BCUT2D eigenvalue weighted by Crippen LogP contribution is 2.15. The minimum Gasteiger partial charge on any atom is -0.492 e. The predicted molar refractivity (Wildman–Crippen MR) is 64.4 cm³/mol. The number of aryl methyl sites for hydroxylation is 1. The van der Waals surface area contributed by atoms with Gasteiger partial charge in [-0.15, -0.1) is 0 Å². The van der Waals surface area contributed by atoms with Crippen LogP contribution in [0.3, 0.4) is 0 Å². The molecule has 0 heterocycles. The molecular formula is C13H21NO. The van der Waals surface area contributed by atoms with E-state index in [1.807, 2.05) is 18.2 Å². The molecule has 0 fully saturated rings. The second kappa shape index (κ2) is 5.17. The van der Waals surface area contributed by atoms with Crippen LogP contribution in [0.4, 0.5) is 0 Å². The first-order valence-electron chi connectivity index (χ1n) is 5.42. The lowest BCUT2D eigenvalue weighted by Gasteiger charge is -2.20. The van der Waals surface area contributed by atoms with Crippen molar-refractivity contribution in [3.63, 3.8) is 0 Å². The predicted octanol–water partition coefficient (Wildman–Crippen LogP) is 2.76. The maximum atomic E-state index is 5.67. The van der Waals surface area contributed by atoms with Crippen molar-refractivity contribution >= 4 is 0 Å². The third-order valence-corrected chi connectivity index (χ3v) is 2.11.